The molecule has 0 saturated heterocycles. The van der Waals surface area contributed by atoms with Gasteiger partial charge in [0.05, 0.1) is 11.3 Å². The summed E-state index contributed by atoms with van der Waals surface area (Å²) in [5.41, 5.74) is 3.75. The molecule has 0 aliphatic carbocycles. The number of Topliss-reactive ketones (excluding diaryl/α,β-unsaturated/α-hetero) is 1. The van der Waals surface area contributed by atoms with E-state index in [-0.39, 0.29) is 5.78 Å². The fourth-order valence-corrected chi connectivity index (χ4v) is 1.98. The highest BCUT2D eigenvalue weighted by atomic mass is 16.1. The molecule has 17 heavy (non-hydrogen) atoms. The molecule has 0 unspecified atom stereocenters. The summed E-state index contributed by atoms with van der Waals surface area (Å²) in [6.45, 7) is 3.90. The minimum atomic E-state index is 0.126. The number of aryl methyl sites for hydroxylation is 3. The Kier molecular flexibility index (Phi) is 3.09. The minimum Gasteiger partial charge on any atom is -0.294 e. The monoisotopic (exact) mass is 228 g/mol. The topological polar surface area (TPSA) is 34.9 Å². The van der Waals surface area contributed by atoms with Crippen molar-refractivity contribution < 1.29 is 4.79 Å². The summed E-state index contributed by atoms with van der Waals surface area (Å²) >= 11 is 0. The molecule has 0 saturated carbocycles. The van der Waals surface area contributed by atoms with E-state index < -0.39 is 0 Å². The van der Waals surface area contributed by atoms with Gasteiger partial charge in [-0.25, -0.2) is 0 Å². The summed E-state index contributed by atoms with van der Waals surface area (Å²) in [6, 6.07) is 8.04. The first-order valence-electron chi connectivity index (χ1n) is 5.65. The lowest BCUT2D eigenvalue weighted by Crippen LogP contribution is -2.04. The molecule has 0 amide bonds. The zero-order valence-corrected chi connectivity index (χ0v) is 10.4. The van der Waals surface area contributed by atoms with Gasteiger partial charge in [-0.05, 0) is 19.4 Å². The lowest BCUT2D eigenvalue weighted by molar-refractivity contribution is 0.0992. The van der Waals surface area contributed by atoms with Crippen LogP contribution >= 0.6 is 0 Å². The zero-order valence-electron chi connectivity index (χ0n) is 10.4. The molecule has 0 N–H and O–H groups in total. The molecule has 0 spiro atoms. The van der Waals surface area contributed by atoms with Crippen LogP contribution in [0.15, 0.2) is 30.5 Å². The van der Waals surface area contributed by atoms with Crippen LogP contribution in [0, 0.1) is 13.8 Å². The van der Waals surface area contributed by atoms with Crippen molar-refractivity contribution in [1.82, 2.24) is 9.78 Å². The Labute approximate surface area is 101 Å². The van der Waals surface area contributed by atoms with Crippen molar-refractivity contribution >= 4 is 5.78 Å². The van der Waals surface area contributed by atoms with Crippen molar-refractivity contribution in [3.05, 3.63) is 52.8 Å². The number of rotatable bonds is 3. The van der Waals surface area contributed by atoms with Crippen molar-refractivity contribution in [2.24, 2.45) is 7.05 Å². The van der Waals surface area contributed by atoms with Gasteiger partial charge in [-0.1, -0.05) is 29.8 Å². The van der Waals surface area contributed by atoms with Gasteiger partial charge in [-0.2, -0.15) is 5.10 Å². The summed E-state index contributed by atoms with van der Waals surface area (Å²) in [5.74, 6) is 0.126. The molecule has 0 bridgehead atoms. The molecule has 2 aromatic rings. The second-order valence-corrected chi connectivity index (χ2v) is 4.39. The van der Waals surface area contributed by atoms with Gasteiger partial charge in [0.25, 0.3) is 0 Å². The second kappa shape index (κ2) is 4.53. The van der Waals surface area contributed by atoms with Crippen LogP contribution in [-0.2, 0) is 13.5 Å². The van der Waals surface area contributed by atoms with Gasteiger partial charge >= 0.3 is 0 Å². The van der Waals surface area contributed by atoms with Crippen molar-refractivity contribution in [2.75, 3.05) is 0 Å². The highest BCUT2D eigenvalue weighted by molar-refractivity contribution is 5.98. The van der Waals surface area contributed by atoms with E-state index in [0.717, 1.165) is 11.3 Å². The highest BCUT2D eigenvalue weighted by Crippen LogP contribution is 2.11. The van der Waals surface area contributed by atoms with E-state index in [4.69, 9.17) is 0 Å². The molecule has 0 radical (unpaired) electrons. The molecule has 2 rings (SSSR count). The Balaban J connectivity index is 2.20. The molecule has 1 aromatic heterocycles. The van der Waals surface area contributed by atoms with Crippen LogP contribution in [0.25, 0.3) is 0 Å². The van der Waals surface area contributed by atoms with Crippen molar-refractivity contribution in [1.29, 1.82) is 0 Å². The third kappa shape index (κ3) is 2.61. The van der Waals surface area contributed by atoms with Gasteiger partial charge < -0.3 is 0 Å². The van der Waals surface area contributed by atoms with Crippen LogP contribution in [0.2, 0.25) is 0 Å². The van der Waals surface area contributed by atoms with Crippen LogP contribution in [0.4, 0.5) is 0 Å². The average molecular weight is 228 g/mol. The smallest absolute Gasteiger partial charge is 0.170 e. The maximum atomic E-state index is 12.1. The molecule has 0 aliphatic rings. The Bertz CT molecular complexity index is 555. The average Bonchev–Trinajstić information content (AvgIpc) is 2.58. The van der Waals surface area contributed by atoms with Crippen molar-refractivity contribution in [3.8, 4) is 0 Å². The van der Waals surface area contributed by atoms with Crippen molar-refractivity contribution in [3.63, 3.8) is 0 Å². The number of benzene rings is 1. The van der Waals surface area contributed by atoms with Gasteiger partial charge in [0, 0.05) is 19.7 Å². The van der Waals surface area contributed by atoms with E-state index in [0.29, 0.717) is 12.0 Å². The second-order valence-electron chi connectivity index (χ2n) is 4.39. The third-order valence-corrected chi connectivity index (χ3v) is 2.76. The van der Waals surface area contributed by atoms with E-state index >= 15 is 0 Å². The lowest BCUT2D eigenvalue weighted by atomic mass is 10.0. The molecular formula is C14H16N2O. The largest absolute Gasteiger partial charge is 0.294 e. The molecule has 3 nitrogen and oxygen atoms in total. The summed E-state index contributed by atoms with van der Waals surface area (Å²) in [6.07, 6.45) is 2.22. The predicted octanol–water partition coefficient (Wildman–Crippen LogP) is 2.46. The number of carbonyl (C=O) groups excluding carboxylic acids is 1. The summed E-state index contributed by atoms with van der Waals surface area (Å²) < 4.78 is 1.68. The van der Waals surface area contributed by atoms with Crippen LogP contribution < -0.4 is 0 Å². The molecule has 3 heteroatoms. The molecule has 0 atom stereocenters. The van der Waals surface area contributed by atoms with E-state index in [1.165, 1.54) is 5.56 Å². The first-order chi connectivity index (χ1) is 8.06. The van der Waals surface area contributed by atoms with E-state index in [2.05, 4.69) is 5.10 Å². The highest BCUT2D eigenvalue weighted by Gasteiger charge is 2.12. The van der Waals surface area contributed by atoms with Gasteiger partial charge in [-0.3, -0.25) is 9.48 Å². The Morgan fingerprint density at radius 3 is 2.71 bits per heavy atom. The number of hydrogen-bond acceptors (Lipinski definition) is 2. The summed E-state index contributed by atoms with van der Waals surface area (Å²) in [7, 11) is 1.83. The Morgan fingerprint density at radius 2 is 2.12 bits per heavy atom. The van der Waals surface area contributed by atoms with E-state index in [1.54, 1.807) is 10.9 Å². The first-order valence-corrected chi connectivity index (χ1v) is 5.65. The standard InChI is InChI=1S/C14H16N2O/c1-10-5-4-6-12(7-10)8-14(17)13-9-16(3)15-11(13)2/h4-7,9H,8H2,1-3H3. The summed E-state index contributed by atoms with van der Waals surface area (Å²) in [5, 5.41) is 4.19. The molecule has 0 aliphatic heterocycles. The molecular weight excluding hydrogens is 212 g/mol. The van der Waals surface area contributed by atoms with Crippen molar-refractivity contribution in [2.45, 2.75) is 20.3 Å². The Hall–Kier alpha value is -1.90. The predicted molar refractivity (Wildman–Crippen MR) is 67.2 cm³/mol. The number of ketones is 1. The maximum absolute atomic E-state index is 12.1. The fourth-order valence-electron chi connectivity index (χ4n) is 1.98. The lowest BCUT2D eigenvalue weighted by Gasteiger charge is -2.01. The van der Waals surface area contributed by atoms with Crippen LogP contribution in [0.5, 0.6) is 0 Å². The molecule has 1 heterocycles. The van der Waals surface area contributed by atoms with Crippen LogP contribution in [0.1, 0.15) is 27.2 Å². The number of carbonyl (C=O) groups is 1. The van der Waals surface area contributed by atoms with Crippen LogP contribution in [-0.4, -0.2) is 15.6 Å². The number of hydrogen-bond donors (Lipinski definition) is 0. The van der Waals surface area contributed by atoms with Crippen LogP contribution in [0.3, 0.4) is 0 Å². The first kappa shape index (κ1) is 11.6. The normalized spacial score (nSPS) is 10.5. The van der Waals surface area contributed by atoms with Gasteiger partial charge in [0.15, 0.2) is 5.78 Å². The SMILES string of the molecule is Cc1cccc(CC(=O)c2cn(C)nc2C)c1. The summed E-state index contributed by atoms with van der Waals surface area (Å²) in [4.78, 5) is 12.1. The molecule has 88 valence electrons. The minimum absolute atomic E-state index is 0.126. The quantitative estimate of drug-likeness (QED) is 0.756. The zero-order chi connectivity index (χ0) is 12.4. The number of aromatic nitrogens is 2. The van der Waals surface area contributed by atoms with Gasteiger partial charge in [0.2, 0.25) is 0 Å². The van der Waals surface area contributed by atoms with Gasteiger partial charge in [0.1, 0.15) is 0 Å². The Morgan fingerprint density at radius 1 is 1.35 bits per heavy atom. The fraction of sp³-hybridized carbons (Fsp3) is 0.286. The molecule has 1 aromatic carbocycles. The van der Waals surface area contributed by atoms with E-state index in [9.17, 15) is 4.79 Å². The third-order valence-electron chi connectivity index (χ3n) is 2.76. The van der Waals surface area contributed by atoms with Gasteiger partial charge in [-0.15, -0.1) is 0 Å². The van der Waals surface area contributed by atoms with E-state index in [1.807, 2.05) is 45.2 Å². The maximum Gasteiger partial charge on any atom is 0.170 e. The molecule has 0 fully saturated rings. The number of nitrogens with zero attached hydrogens (tertiary/aromatic N) is 2.